The number of rotatable bonds is 5. The second-order valence-electron chi connectivity index (χ2n) is 3.26. The van der Waals surface area contributed by atoms with Crippen LogP contribution in [0, 0.1) is 6.92 Å². The van der Waals surface area contributed by atoms with E-state index in [-0.39, 0.29) is 0 Å². The van der Waals surface area contributed by atoms with Gasteiger partial charge in [-0.05, 0) is 19.1 Å². The molecule has 1 heterocycles. The van der Waals surface area contributed by atoms with Gasteiger partial charge in [0.2, 0.25) is 0 Å². The monoisotopic (exact) mass is 268 g/mol. The summed E-state index contributed by atoms with van der Waals surface area (Å²) in [5, 5.41) is 3.08. The minimum atomic E-state index is 0.970. The molecule has 1 aromatic carbocycles. The van der Waals surface area contributed by atoms with Gasteiger partial charge in [-0.25, -0.2) is 4.98 Å². The number of aromatic nitrogens is 1. The van der Waals surface area contributed by atoms with E-state index in [9.17, 15) is 0 Å². The van der Waals surface area contributed by atoms with E-state index in [1.165, 1.54) is 0 Å². The summed E-state index contributed by atoms with van der Waals surface area (Å²) in [7, 11) is 1.63. The van der Waals surface area contributed by atoms with Gasteiger partial charge in [0.25, 0.3) is 0 Å². The molecule has 0 saturated heterocycles. The molecule has 6 heteroatoms. The van der Waals surface area contributed by atoms with E-state index >= 15 is 0 Å². The van der Waals surface area contributed by atoms with Crippen molar-refractivity contribution in [3.05, 3.63) is 35.3 Å². The molecule has 0 fully saturated rings. The quantitative estimate of drug-likeness (QED) is 0.390. The SMILES string of the molecule is CNOOSc1ccc(-c2nc(C)cs2)cc1. The average Bonchev–Trinajstić information content (AvgIpc) is 2.77. The molecule has 0 spiro atoms. The van der Waals surface area contributed by atoms with Crippen molar-refractivity contribution in [2.45, 2.75) is 11.8 Å². The van der Waals surface area contributed by atoms with Gasteiger partial charge in [-0.1, -0.05) is 12.1 Å². The van der Waals surface area contributed by atoms with E-state index in [0.717, 1.165) is 33.2 Å². The van der Waals surface area contributed by atoms with Crippen molar-refractivity contribution >= 4 is 23.4 Å². The number of benzene rings is 1. The van der Waals surface area contributed by atoms with Crippen molar-refractivity contribution in [3.8, 4) is 10.6 Å². The maximum absolute atomic E-state index is 4.81. The molecule has 0 bridgehead atoms. The van der Waals surface area contributed by atoms with Gasteiger partial charge in [-0.2, -0.15) is 5.48 Å². The highest BCUT2D eigenvalue weighted by Crippen LogP contribution is 2.26. The fourth-order valence-electron chi connectivity index (χ4n) is 1.23. The van der Waals surface area contributed by atoms with Crippen LogP contribution in [-0.4, -0.2) is 12.0 Å². The van der Waals surface area contributed by atoms with Crippen molar-refractivity contribution in [3.63, 3.8) is 0 Å². The molecule has 0 aliphatic carbocycles. The molecule has 17 heavy (non-hydrogen) atoms. The Labute approximate surface area is 108 Å². The van der Waals surface area contributed by atoms with E-state index in [2.05, 4.69) is 15.5 Å². The summed E-state index contributed by atoms with van der Waals surface area (Å²) in [6.07, 6.45) is 0. The van der Waals surface area contributed by atoms with E-state index < -0.39 is 0 Å². The molecule has 0 saturated carbocycles. The van der Waals surface area contributed by atoms with Crippen LogP contribution in [0.3, 0.4) is 0 Å². The van der Waals surface area contributed by atoms with Crippen molar-refractivity contribution < 1.29 is 9.32 Å². The third-order valence-corrected chi connectivity index (χ3v) is 3.58. The van der Waals surface area contributed by atoms with E-state index in [1.807, 2.05) is 36.6 Å². The van der Waals surface area contributed by atoms with Crippen LogP contribution in [0.2, 0.25) is 0 Å². The first-order valence-corrected chi connectivity index (χ1v) is 6.61. The van der Waals surface area contributed by atoms with Gasteiger partial charge >= 0.3 is 0 Å². The fourth-order valence-corrected chi connectivity index (χ4v) is 2.46. The van der Waals surface area contributed by atoms with Crippen LogP contribution in [0.25, 0.3) is 10.6 Å². The topological polar surface area (TPSA) is 43.4 Å². The lowest BCUT2D eigenvalue weighted by molar-refractivity contribution is -0.237. The van der Waals surface area contributed by atoms with Gasteiger partial charge in [0.05, 0.1) is 12.0 Å². The summed E-state index contributed by atoms with van der Waals surface area (Å²) in [5.41, 5.74) is 4.59. The Kier molecular flexibility index (Phi) is 4.52. The second kappa shape index (κ2) is 6.13. The van der Waals surface area contributed by atoms with Crippen LogP contribution < -0.4 is 5.48 Å². The lowest BCUT2D eigenvalue weighted by Gasteiger charge is -2.01. The Morgan fingerprint density at radius 1 is 1.29 bits per heavy atom. The predicted octanol–water partition coefficient (Wildman–Crippen LogP) is 3.21. The van der Waals surface area contributed by atoms with E-state index in [0.29, 0.717) is 0 Å². The lowest BCUT2D eigenvalue weighted by Crippen LogP contribution is -2.03. The van der Waals surface area contributed by atoms with Crippen molar-refractivity contribution in [1.29, 1.82) is 0 Å². The Bertz CT molecular complexity index is 471. The van der Waals surface area contributed by atoms with E-state index in [1.54, 1.807) is 18.4 Å². The van der Waals surface area contributed by atoms with Gasteiger partial charge < -0.3 is 0 Å². The highest BCUT2D eigenvalue weighted by atomic mass is 32.2. The number of nitrogens with one attached hydrogen (secondary N) is 1. The zero-order valence-corrected chi connectivity index (χ0v) is 11.1. The molecular weight excluding hydrogens is 256 g/mol. The highest BCUT2D eigenvalue weighted by Gasteiger charge is 2.03. The van der Waals surface area contributed by atoms with E-state index in [4.69, 9.17) is 4.33 Å². The summed E-state index contributed by atoms with van der Waals surface area (Å²) in [4.78, 5) is 9.96. The van der Waals surface area contributed by atoms with Gasteiger partial charge in [0.15, 0.2) is 0 Å². The zero-order chi connectivity index (χ0) is 12.1. The number of nitrogens with zero attached hydrogens (tertiary/aromatic N) is 1. The Balaban J connectivity index is 2.02. The minimum Gasteiger partial charge on any atom is -0.241 e. The van der Waals surface area contributed by atoms with Gasteiger partial charge in [-0.15, -0.1) is 20.7 Å². The molecule has 2 aromatic rings. The maximum atomic E-state index is 4.81. The third kappa shape index (κ3) is 3.52. The molecule has 0 aliphatic heterocycles. The van der Waals surface area contributed by atoms with Crippen LogP contribution >= 0.6 is 23.4 Å². The predicted molar refractivity (Wildman–Crippen MR) is 69.4 cm³/mol. The number of hydrogen-bond acceptors (Lipinski definition) is 6. The van der Waals surface area contributed by atoms with Crippen molar-refractivity contribution in [2.24, 2.45) is 0 Å². The Morgan fingerprint density at radius 2 is 2.06 bits per heavy atom. The molecule has 0 amide bonds. The molecule has 1 N–H and O–H groups in total. The van der Waals surface area contributed by atoms with Gasteiger partial charge in [0.1, 0.15) is 5.01 Å². The first kappa shape index (κ1) is 12.5. The number of thiazole rings is 1. The summed E-state index contributed by atoms with van der Waals surface area (Å²) in [6, 6.07) is 7.97. The minimum absolute atomic E-state index is 0.970. The Morgan fingerprint density at radius 3 is 2.65 bits per heavy atom. The molecule has 90 valence electrons. The molecule has 4 nitrogen and oxygen atoms in total. The Hall–Kier alpha value is -0.920. The summed E-state index contributed by atoms with van der Waals surface area (Å²) in [6.45, 7) is 1.99. The molecule has 0 unspecified atom stereocenters. The molecule has 0 aliphatic rings. The average molecular weight is 268 g/mol. The standard InChI is InChI=1S/C11H12N2O2S2/c1-8-7-16-11(13-8)9-3-5-10(6-4-9)17-15-14-12-2/h3-7,12H,1-2H3. The zero-order valence-electron chi connectivity index (χ0n) is 9.47. The van der Waals surface area contributed by atoms with Crippen LogP contribution in [-0.2, 0) is 9.32 Å². The third-order valence-electron chi connectivity index (χ3n) is 1.97. The number of hydrogen-bond donors (Lipinski definition) is 1. The van der Waals surface area contributed by atoms with Gasteiger partial charge in [0, 0.05) is 28.6 Å². The van der Waals surface area contributed by atoms with Crippen LogP contribution in [0.15, 0.2) is 34.5 Å². The normalized spacial score (nSPS) is 10.7. The lowest BCUT2D eigenvalue weighted by atomic mass is 10.2. The molecule has 2 rings (SSSR count). The largest absolute Gasteiger partial charge is 0.241 e. The maximum Gasteiger partial charge on any atom is 0.123 e. The summed E-state index contributed by atoms with van der Waals surface area (Å²) in [5.74, 6) is 0. The van der Waals surface area contributed by atoms with Crippen LogP contribution in [0.4, 0.5) is 0 Å². The summed E-state index contributed by atoms with van der Waals surface area (Å²) < 4.78 is 4.81. The smallest absolute Gasteiger partial charge is 0.123 e. The first-order chi connectivity index (χ1) is 8.29. The molecule has 0 radical (unpaired) electrons. The van der Waals surface area contributed by atoms with Crippen LogP contribution in [0.1, 0.15) is 5.69 Å². The first-order valence-electron chi connectivity index (χ1n) is 4.99. The fraction of sp³-hybridized carbons (Fsp3) is 0.182. The van der Waals surface area contributed by atoms with Gasteiger partial charge in [-0.3, -0.25) is 0 Å². The summed E-state index contributed by atoms with van der Waals surface area (Å²) >= 11 is 2.80. The van der Waals surface area contributed by atoms with Crippen molar-refractivity contribution in [1.82, 2.24) is 10.5 Å². The molecular formula is C11H12N2O2S2. The number of aryl methyl sites for hydroxylation is 1. The second-order valence-corrected chi connectivity index (χ2v) is 4.89. The van der Waals surface area contributed by atoms with Crippen LogP contribution in [0.5, 0.6) is 0 Å². The molecule has 0 atom stereocenters. The number of hydroxylamine groups is 1. The molecule has 1 aromatic heterocycles. The highest BCUT2D eigenvalue weighted by molar-refractivity contribution is 7.94. The van der Waals surface area contributed by atoms with Crippen molar-refractivity contribution in [2.75, 3.05) is 7.05 Å².